The number of aryl methyl sites for hydroxylation is 1. The third-order valence-electron chi connectivity index (χ3n) is 5.84. The summed E-state index contributed by atoms with van der Waals surface area (Å²) in [4.78, 5) is 42.7. The average Bonchev–Trinajstić information content (AvgIpc) is 3.60. The molecule has 1 unspecified atom stereocenters. The SMILES string of the molecule is COC(=O)C1=C(C)N=c2sc(=Cc3ccc(-c4cc([N+](=O)[O-])ccc4C)o3)c(=O)n2C1c1cccs1. The van der Waals surface area contributed by atoms with Crippen LogP contribution in [0.15, 0.2) is 73.3 Å². The summed E-state index contributed by atoms with van der Waals surface area (Å²) >= 11 is 2.63. The van der Waals surface area contributed by atoms with Crippen molar-refractivity contribution in [3.8, 4) is 11.3 Å². The standard InChI is InChI=1S/C25H19N3O6S2/c1-13-6-7-15(28(31)32)11-17(13)18-9-8-16(34-18)12-20-23(29)27-22(19-5-4-10-35-19)21(24(30)33-3)14(2)26-25(27)36-20/h4-12,22H,1-3H3. The van der Waals surface area contributed by atoms with Crippen molar-refractivity contribution < 1.29 is 18.9 Å². The number of ether oxygens (including phenoxy) is 1. The third-order valence-corrected chi connectivity index (χ3v) is 7.74. The van der Waals surface area contributed by atoms with Crippen LogP contribution in [0.25, 0.3) is 17.4 Å². The van der Waals surface area contributed by atoms with Gasteiger partial charge in [-0.05, 0) is 43.0 Å². The van der Waals surface area contributed by atoms with Gasteiger partial charge in [0.1, 0.15) is 17.6 Å². The number of aromatic nitrogens is 1. The molecular formula is C25H19N3O6S2. The fourth-order valence-corrected chi connectivity index (χ4v) is 5.95. The number of fused-ring (bicyclic) bond motifs is 1. The minimum Gasteiger partial charge on any atom is -0.466 e. The molecular weight excluding hydrogens is 502 g/mol. The van der Waals surface area contributed by atoms with E-state index in [9.17, 15) is 19.7 Å². The lowest BCUT2D eigenvalue weighted by molar-refractivity contribution is -0.384. The first-order chi connectivity index (χ1) is 17.3. The average molecular weight is 522 g/mol. The number of carbonyl (C=O) groups is 1. The number of carbonyl (C=O) groups excluding carboxylic acids is 1. The molecule has 0 N–H and O–H groups in total. The van der Waals surface area contributed by atoms with Gasteiger partial charge >= 0.3 is 5.97 Å². The number of thiazole rings is 1. The summed E-state index contributed by atoms with van der Waals surface area (Å²) in [6.07, 6.45) is 1.61. The van der Waals surface area contributed by atoms with Gasteiger partial charge in [-0.1, -0.05) is 23.5 Å². The predicted molar refractivity (Wildman–Crippen MR) is 136 cm³/mol. The number of nitro groups is 1. The van der Waals surface area contributed by atoms with E-state index in [4.69, 9.17) is 9.15 Å². The number of hydrogen-bond acceptors (Lipinski definition) is 9. The Hall–Kier alpha value is -4.09. The van der Waals surface area contributed by atoms with E-state index < -0.39 is 16.9 Å². The van der Waals surface area contributed by atoms with E-state index in [1.54, 1.807) is 31.2 Å². The Labute approximate surface area is 212 Å². The lowest BCUT2D eigenvalue weighted by Gasteiger charge is -2.22. The summed E-state index contributed by atoms with van der Waals surface area (Å²) in [5, 5.41) is 13.1. The normalized spacial score (nSPS) is 15.5. The summed E-state index contributed by atoms with van der Waals surface area (Å²) in [5.74, 6) is 0.334. The largest absolute Gasteiger partial charge is 0.466 e. The lowest BCUT2D eigenvalue weighted by atomic mass is 10.0. The summed E-state index contributed by atoms with van der Waals surface area (Å²) < 4.78 is 12.8. The number of hydrogen-bond donors (Lipinski definition) is 0. The van der Waals surface area contributed by atoms with E-state index in [-0.39, 0.29) is 11.2 Å². The maximum absolute atomic E-state index is 13.5. The molecule has 1 aromatic carbocycles. The van der Waals surface area contributed by atoms with Crippen LogP contribution in [0.4, 0.5) is 5.69 Å². The smallest absolute Gasteiger partial charge is 0.338 e. The first-order valence-electron chi connectivity index (χ1n) is 10.8. The minimum atomic E-state index is -0.643. The highest BCUT2D eigenvalue weighted by molar-refractivity contribution is 7.10. The van der Waals surface area contributed by atoms with Crippen LogP contribution < -0.4 is 14.9 Å². The van der Waals surface area contributed by atoms with Crippen molar-refractivity contribution in [3.05, 3.63) is 105 Å². The summed E-state index contributed by atoms with van der Waals surface area (Å²) in [7, 11) is 1.30. The zero-order chi connectivity index (χ0) is 25.6. The quantitative estimate of drug-likeness (QED) is 0.223. The second-order valence-corrected chi connectivity index (χ2v) is 10.0. The van der Waals surface area contributed by atoms with E-state index in [2.05, 4.69) is 4.99 Å². The first kappa shape index (κ1) is 23.6. The monoisotopic (exact) mass is 521 g/mol. The zero-order valence-corrected chi connectivity index (χ0v) is 21.0. The lowest BCUT2D eigenvalue weighted by Crippen LogP contribution is -2.39. The molecule has 182 valence electrons. The van der Waals surface area contributed by atoms with Gasteiger partial charge in [-0.3, -0.25) is 19.5 Å². The van der Waals surface area contributed by atoms with Gasteiger partial charge in [0.2, 0.25) is 0 Å². The molecule has 0 saturated heterocycles. The highest BCUT2D eigenvalue weighted by Gasteiger charge is 2.33. The topological polar surface area (TPSA) is 117 Å². The van der Waals surface area contributed by atoms with Gasteiger partial charge in [0, 0.05) is 28.6 Å². The highest BCUT2D eigenvalue weighted by Crippen LogP contribution is 2.33. The number of rotatable bonds is 5. The molecule has 0 aliphatic carbocycles. The second kappa shape index (κ2) is 9.17. The highest BCUT2D eigenvalue weighted by atomic mass is 32.1. The van der Waals surface area contributed by atoms with E-state index in [0.29, 0.717) is 37.7 Å². The van der Waals surface area contributed by atoms with Crippen LogP contribution in [-0.2, 0) is 9.53 Å². The molecule has 0 saturated carbocycles. The van der Waals surface area contributed by atoms with Gasteiger partial charge in [0.25, 0.3) is 11.2 Å². The molecule has 1 aliphatic heterocycles. The van der Waals surface area contributed by atoms with Crippen LogP contribution in [0.5, 0.6) is 0 Å². The van der Waals surface area contributed by atoms with Crippen molar-refractivity contribution in [2.75, 3.05) is 7.11 Å². The van der Waals surface area contributed by atoms with Crippen LogP contribution in [0.3, 0.4) is 0 Å². The van der Waals surface area contributed by atoms with Gasteiger partial charge in [-0.15, -0.1) is 11.3 Å². The molecule has 0 amide bonds. The second-order valence-electron chi connectivity index (χ2n) is 8.05. The van der Waals surface area contributed by atoms with Crippen LogP contribution in [-0.4, -0.2) is 22.6 Å². The van der Waals surface area contributed by atoms with E-state index in [0.717, 1.165) is 10.4 Å². The maximum atomic E-state index is 13.5. The molecule has 9 nitrogen and oxygen atoms in total. The molecule has 0 radical (unpaired) electrons. The van der Waals surface area contributed by atoms with Gasteiger partial charge in [-0.25, -0.2) is 9.79 Å². The van der Waals surface area contributed by atoms with Crippen molar-refractivity contribution in [2.45, 2.75) is 19.9 Å². The van der Waals surface area contributed by atoms with Crippen LogP contribution >= 0.6 is 22.7 Å². The number of nitro benzene ring substituents is 1. The Kier molecular flexibility index (Phi) is 6.02. The third kappa shape index (κ3) is 4.01. The molecule has 11 heteroatoms. The number of furan rings is 1. The zero-order valence-electron chi connectivity index (χ0n) is 19.4. The summed E-state index contributed by atoms with van der Waals surface area (Å²) in [6.45, 7) is 3.56. The van der Waals surface area contributed by atoms with Gasteiger partial charge in [0.15, 0.2) is 4.80 Å². The van der Waals surface area contributed by atoms with E-state index in [1.807, 2.05) is 24.4 Å². The van der Waals surface area contributed by atoms with Crippen LogP contribution in [0, 0.1) is 17.0 Å². The number of methoxy groups -OCH3 is 1. The van der Waals surface area contributed by atoms with Crippen molar-refractivity contribution >= 4 is 40.4 Å². The molecule has 4 heterocycles. The molecule has 36 heavy (non-hydrogen) atoms. The van der Waals surface area contributed by atoms with Crippen molar-refractivity contribution in [1.82, 2.24) is 4.57 Å². The molecule has 1 atom stereocenters. The number of thiophene rings is 1. The molecule has 0 bridgehead atoms. The molecule has 1 aliphatic rings. The van der Waals surface area contributed by atoms with Gasteiger partial charge in [0.05, 0.1) is 27.8 Å². The first-order valence-corrected chi connectivity index (χ1v) is 12.5. The summed E-state index contributed by atoms with van der Waals surface area (Å²) in [6, 6.07) is 11.1. The minimum absolute atomic E-state index is 0.0350. The summed E-state index contributed by atoms with van der Waals surface area (Å²) in [5.41, 5.74) is 1.89. The Morgan fingerprint density at radius 2 is 2.06 bits per heavy atom. The van der Waals surface area contributed by atoms with Crippen molar-refractivity contribution in [1.29, 1.82) is 0 Å². The van der Waals surface area contributed by atoms with Crippen LogP contribution in [0.1, 0.15) is 29.2 Å². The number of non-ortho nitro benzene ring substituents is 1. The Morgan fingerprint density at radius 1 is 1.25 bits per heavy atom. The molecule has 4 aromatic rings. The predicted octanol–water partition coefficient (Wildman–Crippen LogP) is 3.95. The number of esters is 1. The number of nitrogens with zero attached hydrogens (tertiary/aromatic N) is 3. The molecule has 3 aromatic heterocycles. The maximum Gasteiger partial charge on any atom is 0.338 e. The van der Waals surface area contributed by atoms with Gasteiger partial charge < -0.3 is 9.15 Å². The Morgan fingerprint density at radius 3 is 2.75 bits per heavy atom. The van der Waals surface area contributed by atoms with Crippen LogP contribution in [0.2, 0.25) is 0 Å². The van der Waals surface area contributed by atoms with E-state index in [1.165, 1.54) is 46.5 Å². The molecule has 0 spiro atoms. The fraction of sp³-hybridized carbons (Fsp3) is 0.160. The van der Waals surface area contributed by atoms with Gasteiger partial charge in [-0.2, -0.15) is 0 Å². The van der Waals surface area contributed by atoms with E-state index >= 15 is 0 Å². The fourth-order valence-electron chi connectivity index (χ4n) is 4.10. The molecule has 0 fully saturated rings. The Balaban J connectivity index is 1.62. The Bertz CT molecular complexity index is 1720. The number of allylic oxidation sites excluding steroid dienone is 1. The number of benzene rings is 1. The molecule has 5 rings (SSSR count). The van der Waals surface area contributed by atoms with Crippen molar-refractivity contribution in [2.24, 2.45) is 4.99 Å². The van der Waals surface area contributed by atoms with Crippen molar-refractivity contribution in [3.63, 3.8) is 0 Å².